The Kier molecular flexibility index (Phi) is 7.22. The summed E-state index contributed by atoms with van der Waals surface area (Å²) in [6.45, 7) is 3.95. The van der Waals surface area contributed by atoms with E-state index in [0.717, 1.165) is 39.3 Å². The van der Waals surface area contributed by atoms with Gasteiger partial charge >= 0.3 is 0 Å². The number of nitrogens with one attached hydrogen (secondary N) is 3. The monoisotopic (exact) mass is 533 g/mol. The van der Waals surface area contributed by atoms with E-state index < -0.39 is 0 Å². The number of hydrogen-bond donors (Lipinski definition) is 3. The van der Waals surface area contributed by atoms with Crippen molar-refractivity contribution >= 4 is 40.2 Å². The standard InChI is InChI=1S/C26H27N7O4S/c1-6-16-11-24(31-29-16)27-19-13-20-17(12-21(19)34-3)26(32-37-20)33-38-25-22(35-4)9-15(10-23(25)36-5)18-8-7-14(2)28-30-18/h7-13H,6H2,1-5H3,(H,32,33)(H2,27,29,31). The van der Waals surface area contributed by atoms with Crippen LogP contribution in [0.1, 0.15) is 18.3 Å². The molecule has 0 aliphatic heterocycles. The molecule has 0 radical (unpaired) electrons. The molecule has 3 N–H and O–H groups in total. The maximum atomic E-state index is 5.68. The van der Waals surface area contributed by atoms with Crippen LogP contribution in [0.2, 0.25) is 0 Å². The minimum Gasteiger partial charge on any atom is -0.495 e. The van der Waals surface area contributed by atoms with E-state index in [-0.39, 0.29) is 0 Å². The van der Waals surface area contributed by atoms with Crippen molar-refractivity contribution in [3.63, 3.8) is 0 Å². The molecule has 0 aliphatic rings. The van der Waals surface area contributed by atoms with E-state index in [1.165, 1.54) is 11.9 Å². The zero-order valence-electron chi connectivity index (χ0n) is 21.6. The number of rotatable bonds is 10. The van der Waals surface area contributed by atoms with Crippen LogP contribution in [0.4, 0.5) is 17.3 Å². The lowest BCUT2D eigenvalue weighted by Gasteiger charge is -2.15. The Morgan fingerprint density at radius 1 is 0.947 bits per heavy atom. The van der Waals surface area contributed by atoms with Crippen molar-refractivity contribution in [1.82, 2.24) is 25.6 Å². The quantitative estimate of drug-likeness (QED) is 0.189. The van der Waals surface area contributed by atoms with Crippen LogP contribution in [-0.2, 0) is 6.42 Å². The number of ether oxygens (including phenoxy) is 3. The average molecular weight is 534 g/mol. The van der Waals surface area contributed by atoms with Crippen LogP contribution < -0.4 is 24.2 Å². The Morgan fingerprint density at radius 2 is 1.71 bits per heavy atom. The highest BCUT2D eigenvalue weighted by Crippen LogP contribution is 2.43. The van der Waals surface area contributed by atoms with E-state index in [1.807, 2.05) is 49.4 Å². The third kappa shape index (κ3) is 5.02. The summed E-state index contributed by atoms with van der Waals surface area (Å²) in [7, 11) is 4.83. The first kappa shape index (κ1) is 25.2. The van der Waals surface area contributed by atoms with Crippen molar-refractivity contribution in [2.24, 2.45) is 0 Å². The van der Waals surface area contributed by atoms with Gasteiger partial charge in [-0.05, 0) is 55.6 Å². The van der Waals surface area contributed by atoms with Crippen molar-refractivity contribution in [3.8, 4) is 28.5 Å². The number of anilines is 3. The second-order valence-electron chi connectivity index (χ2n) is 8.31. The Labute approximate surface area is 223 Å². The van der Waals surface area contributed by atoms with Crippen LogP contribution in [0.25, 0.3) is 22.2 Å². The lowest BCUT2D eigenvalue weighted by molar-refractivity contribution is 0.377. The molecule has 12 heteroatoms. The predicted molar refractivity (Wildman–Crippen MR) is 147 cm³/mol. The van der Waals surface area contributed by atoms with Crippen molar-refractivity contribution < 1.29 is 18.7 Å². The third-order valence-electron chi connectivity index (χ3n) is 5.87. The number of aromatic amines is 1. The van der Waals surface area contributed by atoms with Crippen molar-refractivity contribution in [1.29, 1.82) is 0 Å². The topological polar surface area (TPSA) is 132 Å². The Morgan fingerprint density at radius 3 is 2.34 bits per heavy atom. The fourth-order valence-electron chi connectivity index (χ4n) is 3.83. The molecule has 3 aromatic heterocycles. The van der Waals surface area contributed by atoms with Gasteiger partial charge in [0.25, 0.3) is 0 Å². The molecule has 5 rings (SSSR count). The first-order valence-electron chi connectivity index (χ1n) is 11.8. The zero-order valence-corrected chi connectivity index (χ0v) is 22.4. The molecule has 0 bridgehead atoms. The van der Waals surface area contributed by atoms with E-state index in [2.05, 4.69) is 42.5 Å². The van der Waals surface area contributed by atoms with Gasteiger partial charge in [-0.1, -0.05) is 12.1 Å². The number of aromatic nitrogens is 5. The highest BCUT2D eigenvalue weighted by molar-refractivity contribution is 8.00. The summed E-state index contributed by atoms with van der Waals surface area (Å²) in [5.74, 6) is 3.06. The molecule has 0 amide bonds. The molecule has 0 spiro atoms. The zero-order chi connectivity index (χ0) is 26.6. The maximum Gasteiger partial charge on any atom is 0.187 e. The van der Waals surface area contributed by atoms with Gasteiger partial charge in [-0.3, -0.25) is 5.10 Å². The van der Waals surface area contributed by atoms with Gasteiger partial charge in [0.05, 0.1) is 43.8 Å². The number of H-pyrrole nitrogens is 1. The normalized spacial score (nSPS) is 11.0. The van der Waals surface area contributed by atoms with Gasteiger partial charge in [0.15, 0.2) is 17.2 Å². The number of methoxy groups -OCH3 is 3. The van der Waals surface area contributed by atoms with E-state index in [4.69, 9.17) is 18.7 Å². The first-order valence-corrected chi connectivity index (χ1v) is 12.6. The Balaban J connectivity index is 1.41. The molecule has 0 fully saturated rings. The number of hydrogen-bond acceptors (Lipinski definition) is 11. The summed E-state index contributed by atoms with van der Waals surface area (Å²) in [5, 5.41) is 23.9. The van der Waals surface area contributed by atoms with E-state index in [1.54, 1.807) is 21.3 Å². The molecule has 0 atom stereocenters. The molecular weight excluding hydrogens is 506 g/mol. The number of nitrogens with zero attached hydrogens (tertiary/aromatic N) is 4. The predicted octanol–water partition coefficient (Wildman–Crippen LogP) is 5.77. The van der Waals surface area contributed by atoms with Crippen LogP contribution in [0.3, 0.4) is 0 Å². The molecule has 38 heavy (non-hydrogen) atoms. The number of fused-ring (bicyclic) bond motifs is 1. The van der Waals surface area contributed by atoms with E-state index in [0.29, 0.717) is 40.2 Å². The first-order chi connectivity index (χ1) is 18.5. The molecule has 2 aromatic carbocycles. The van der Waals surface area contributed by atoms with Gasteiger partial charge in [0, 0.05) is 23.4 Å². The summed E-state index contributed by atoms with van der Waals surface area (Å²) in [4.78, 5) is 0.741. The van der Waals surface area contributed by atoms with Crippen LogP contribution in [-0.4, -0.2) is 46.9 Å². The van der Waals surface area contributed by atoms with E-state index in [9.17, 15) is 0 Å². The lowest BCUT2D eigenvalue weighted by atomic mass is 10.1. The summed E-state index contributed by atoms with van der Waals surface area (Å²) in [6.07, 6.45) is 0.859. The second kappa shape index (κ2) is 10.9. The SMILES string of the molecule is CCc1cc(Nc2cc3onc(NSc4c(OC)cc(-c5ccc(C)nn5)cc4OC)c3cc2OC)n[nH]1. The second-order valence-corrected chi connectivity index (χ2v) is 9.13. The van der Waals surface area contributed by atoms with Crippen LogP contribution in [0, 0.1) is 6.92 Å². The van der Waals surface area contributed by atoms with Gasteiger partial charge in [-0.25, -0.2) is 0 Å². The highest BCUT2D eigenvalue weighted by atomic mass is 32.2. The summed E-state index contributed by atoms with van der Waals surface area (Å²) < 4.78 is 25.9. The van der Waals surface area contributed by atoms with E-state index >= 15 is 0 Å². The molecule has 3 heterocycles. The summed E-state index contributed by atoms with van der Waals surface area (Å²) in [6, 6.07) is 13.3. The molecule has 5 aromatic rings. The fraction of sp³-hybridized carbons (Fsp3) is 0.231. The molecule has 196 valence electrons. The third-order valence-corrected chi connectivity index (χ3v) is 6.77. The fourth-order valence-corrected chi connectivity index (χ4v) is 4.66. The molecule has 0 unspecified atom stereocenters. The average Bonchev–Trinajstić information content (AvgIpc) is 3.57. The molecular formula is C26H27N7O4S. The highest BCUT2D eigenvalue weighted by Gasteiger charge is 2.19. The Bertz CT molecular complexity index is 1540. The van der Waals surface area contributed by atoms with Gasteiger partial charge in [-0.15, -0.1) is 0 Å². The van der Waals surface area contributed by atoms with Gasteiger partial charge in [0.2, 0.25) is 0 Å². The molecule has 0 aliphatic carbocycles. The number of benzene rings is 2. The van der Waals surface area contributed by atoms with Crippen LogP contribution in [0.5, 0.6) is 17.2 Å². The summed E-state index contributed by atoms with van der Waals surface area (Å²) >= 11 is 1.30. The molecule has 0 saturated heterocycles. The molecule has 11 nitrogen and oxygen atoms in total. The van der Waals surface area contributed by atoms with Crippen molar-refractivity contribution in [3.05, 3.63) is 53.9 Å². The molecule has 0 saturated carbocycles. The van der Waals surface area contributed by atoms with Gasteiger partial charge < -0.3 is 28.8 Å². The maximum absolute atomic E-state index is 5.68. The smallest absolute Gasteiger partial charge is 0.187 e. The van der Waals surface area contributed by atoms with Crippen LogP contribution in [0.15, 0.2) is 51.9 Å². The van der Waals surface area contributed by atoms with Crippen molar-refractivity contribution in [2.75, 3.05) is 31.4 Å². The van der Waals surface area contributed by atoms with Gasteiger partial charge in [-0.2, -0.15) is 15.3 Å². The minimum absolute atomic E-state index is 0.528. The minimum atomic E-state index is 0.528. The summed E-state index contributed by atoms with van der Waals surface area (Å²) in [5.41, 5.74) is 4.71. The number of aryl methyl sites for hydroxylation is 2. The lowest BCUT2D eigenvalue weighted by Crippen LogP contribution is -1.98. The van der Waals surface area contributed by atoms with Gasteiger partial charge in [0.1, 0.15) is 22.1 Å². The van der Waals surface area contributed by atoms with Crippen molar-refractivity contribution in [2.45, 2.75) is 25.2 Å². The Hall–Kier alpha value is -4.45. The largest absolute Gasteiger partial charge is 0.495 e. The van der Waals surface area contributed by atoms with Crippen LogP contribution >= 0.6 is 11.9 Å².